The monoisotopic (exact) mass is 374 g/mol. The number of nitrogens with zero attached hydrogens (tertiary/aromatic N) is 1. The predicted octanol–water partition coefficient (Wildman–Crippen LogP) is 3.69. The average Bonchev–Trinajstić information content (AvgIpc) is 3.08. The summed E-state index contributed by atoms with van der Waals surface area (Å²) in [7, 11) is 0. The molecule has 136 valence electrons. The van der Waals surface area contributed by atoms with E-state index in [2.05, 4.69) is 10.5 Å². The molecular weight excluding hydrogens is 356 g/mol. The number of ether oxygens (including phenoxy) is 3. The topological polar surface area (TPSA) is 69.2 Å². The van der Waals surface area contributed by atoms with Gasteiger partial charge in [0.15, 0.2) is 11.5 Å². The van der Waals surface area contributed by atoms with Crippen molar-refractivity contribution in [3.05, 3.63) is 52.5 Å². The smallest absolute Gasteiger partial charge is 0.240 e. The molecule has 0 aromatic heterocycles. The summed E-state index contributed by atoms with van der Waals surface area (Å²) in [6, 6.07) is 10.9. The van der Waals surface area contributed by atoms with Crippen LogP contribution >= 0.6 is 11.6 Å². The number of rotatable bonds is 7. The van der Waals surface area contributed by atoms with Crippen molar-refractivity contribution in [3.63, 3.8) is 0 Å². The van der Waals surface area contributed by atoms with Crippen LogP contribution in [-0.4, -0.2) is 25.5 Å². The van der Waals surface area contributed by atoms with Crippen LogP contribution in [-0.2, 0) is 4.79 Å². The molecule has 0 fully saturated rings. The zero-order chi connectivity index (χ0) is 18.4. The average molecular weight is 375 g/mol. The molecule has 6 nitrogen and oxygen atoms in total. The summed E-state index contributed by atoms with van der Waals surface area (Å²) >= 11 is 5.91. The van der Waals surface area contributed by atoms with Crippen LogP contribution in [0.4, 0.5) is 0 Å². The normalized spacial score (nSPS) is 12.4. The van der Waals surface area contributed by atoms with Crippen LogP contribution in [0.2, 0.25) is 5.02 Å². The van der Waals surface area contributed by atoms with Gasteiger partial charge in [-0.2, -0.15) is 5.10 Å². The van der Waals surface area contributed by atoms with E-state index in [-0.39, 0.29) is 12.7 Å². The van der Waals surface area contributed by atoms with Crippen molar-refractivity contribution in [1.82, 2.24) is 5.43 Å². The Morgan fingerprint density at radius 3 is 2.96 bits per heavy atom. The summed E-state index contributed by atoms with van der Waals surface area (Å²) in [5.74, 6) is 1.99. The second kappa shape index (κ2) is 8.58. The summed E-state index contributed by atoms with van der Waals surface area (Å²) < 4.78 is 16.2. The lowest BCUT2D eigenvalue weighted by molar-refractivity contribution is -0.121. The first-order chi connectivity index (χ1) is 12.6. The predicted molar refractivity (Wildman–Crippen MR) is 99.2 cm³/mol. The molecule has 1 aliphatic rings. The molecule has 1 amide bonds. The molecule has 2 aromatic rings. The van der Waals surface area contributed by atoms with Gasteiger partial charge in [-0.05, 0) is 60.9 Å². The first-order valence-corrected chi connectivity index (χ1v) is 8.60. The van der Waals surface area contributed by atoms with E-state index in [0.29, 0.717) is 36.0 Å². The standard InChI is InChI=1S/C19H19ClN2O4/c1-13-9-15(20)5-7-16(13)24-8-2-3-19(23)22-21-11-14-4-6-17-18(10-14)26-12-25-17/h4-7,9-11H,2-3,8,12H2,1H3,(H,22,23)/b21-11+. The molecule has 0 radical (unpaired) electrons. The summed E-state index contributed by atoms with van der Waals surface area (Å²) in [5, 5.41) is 4.63. The minimum absolute atomic E-state index is 0.168. The summed E-state index contributed by atoms with van der Waals surface area (Å²) in [4.78, 5) is 11.8. The number of carbonyl (C=O) groups is 1. The van der Waals surface area contributed by atoms with Gasteiger partial charge >= 0.3 is 0 Å². The van der Waals surface area contributed by atoms with Crippen LogP contribution in [0.25, 0.3) is 0 Å². The highest BCUT2D eigenvalue weighted by atomic mass is 35.5. The third-order valence-corrected chi connectivity index (χ3v) is 3.98. The Kier molecular flexibility index (Phi) is 5.96. The number of halogens is 1. The molecule has 0 atom stereocenters. The Morgan fingerprint density at radius 2 is 2.12 bits per heavy atom. The van der Waals surface area contributed by atoms with Crippen LogP contribution in [0.1, 0.15) is 24.0 Å². The van der Waals surface area contributed by atoms with E-state index in [0.717, 1.165) is 16.9 Å². The van der Waals surface area contributed by atoms with Crippen molar-refractivity contribution < 1.29 is 19.0 Å². The first-order valence-electron chi connectivity index (χ1n) is 8.22. The van der Waals surface area contributed by atoms with Crippen molar-refractivity contribution in [3.8, 4) is 17.2 Å². The van der Waals surface area contributed by atoms with Crippen LogP contribution in [0.15, 0.2) is 41.5 Å². The quantitative estimate of drug-likeness (QED) is 0.456. The number of carbonyl (C=O) groups excluding carboxylic acids is 1. The molecule has 26 heavy (non-hydrogen) atoms. The molecule has 1 aliphatic heterocycles. The third kappa shape index (κ3) is 4.89. The SMILES string of the molecule is Cc1cc(Cl)ccc1OCCCC(=O)N/N=C/c1ccc2c(c1)OCO2. The summed E-state index contributed by atoms with van der Waals surface area (Å²) in [6.45, 7) is 2.60. The van der Waals surface area contributed by atoms with Crippen LogP contribution in [0, 0.1) is 6.92 Å². The minimum Gasteiger partial charge on any atom is -0.493 e. The maximum absolute atomic E-state index is 11.8. The molecule has 2 aromatic carbocycles. The van der Waals surface area contributed by atoms with Gasteiger partial charge in [-0.1, -0.05) is 11.6 Å². The van der Waals surface area contributed by atoms with Crippen LogP contribution in [0.5, 0.6) is 17.2 Å². The van der Waals surface area contributed by atoms with Crippen molar-refractivity contribution in [2.75, 3.05) is 13.4 Å². The molecule has 0 unspecified atom stereocenters. The fourth-order valence-corrected chi connectivity index (χ4v) is 2.64. The van der Waals surface area contributed by atoms with Crippen molar-refractivity contribution in [2.24, 2.45) is 5.10 Å². The lowest BCUT2D eigenvalue weighted by Crippen LogP contribution is -2.18. The van der Waals surface area contributed by atoms with Gasteiger partial charge in [0.2, 0.25) is 12.7 Å². The first kappa shape index (κ1) is 18.1. The Bertz CT molecular complexity index is 823. The molecule has 0 spiro atoms. The largest absolute Gasteiger partial charge is 0.493 e. The van der Waals surface area contributed by atoms with Gasteiger partial charge in [0.1, 0.15) is 5.75 Å². The van der Waals surface area contributed by atoms with Crippen LogP contribution in [0.3, 0.4) is 0 Å². The van der Waals surface area contributed by atoms with Gasteiger partial charge in [-0.25, -0.2) is 5.43 Å². The zero-order valence-corrected chi connectivity index (χ0v) is 15.1. The zero-order valence-electron chi connectivity index (χ0n) is 14.3. The van der Waals surface area contributed by atoms with Crippen LogP contribution < -0.4 is 19.6 Å². The van der Waals surface area contributed by atoms with E-state index < -0.39 is 0 Å². The number of benzene rings is 2. The van der Waals surface area contributed by atoms with E-state index in [4.69, 9.17) is 25.8 Å². The van der Waals surface area contributed by atoms with Gasteiger partial charge in [0.05, 0.1) is 12.8 Å². The van der Waals surface area contributed by atoms with Crippen molar-refractivity contribution in [2.45, 2.75) is 19.8 Å². The number of hydrogen-bond donors (Lipinski definition) is 1. The molecule has 0 saturated heterocycles. The van der Waals surface area contributed by atoms with E-state index in [1.165, 1.54) is 0 Å². The van der Waals surface area contributed by atoms with E-state index >= 15 is 0 Å². The lowest BCUT2D eigenvalue weighted by Gasteiger charge is -2.08. The second-order valence-corrected chi connectivity index (χ2v) is 6.20. The highest BCUT2D eigenvalue weighted by molar-refractivity contribution is 6.30. The summed E-state index contributed by atoms with van der Waals surface area (Å²) in [5.41, 5.74) is 4.29. The van der Waals surface area contributed by atoms with Crippen molar-refractivity contribution in [1.29, 1.82) is 0 Å². The molecule has 7 heteroatoms. The van der Waals surface area contributed by atoms with Gasteiger partial charge < -0.3 is 14.2 Å². The Morgan fingerprint density at radius 1 is 1.27 bits per heavy atom. The van der Waals surface area contributed by atoms with Gasteiger partial charge in [-0.15, -0.1) is 0 Å². The molecule has 1 heterocycles. The lowest BCUT2D eigenvalue weighted by atomic mass is 10.2. The van der Waals surface area contributed by atoms with Gasteiger partial charge in [0.25, 0.3) is 0 Å². The second-order valence-electron chi connectivity index (χ2n) is 5.77. The number of amides is 1. The molecule has 0 aliphatic carbocycles. The molecule has 0 saturated carbocycles. The third-order valence-electron chi connectivity index (χ3n) is 3.74. The van der Waals surface area contributed by atoms with E-state index in [1.807, 2.05) is 31.2 Å². The number of hydrogen-bond acceptors (Lipinski definition) is 5. The Labute approximate surface area is 156 Å². The molecule has 0 bridgehead atoms. The van der Waals surface area contributed by atoms with E-state index in [9.17, 15) is 4.79 Å². The Balaban J connectivity index is 1.37. The fraction of sp³-hybridized carbons (Fsp3) is 0.263. The highest BCUT2D eigenvalue weighted by Gasteiger charge is 2.12. The number of nitrogens with one attached hydrogen (secondary N) is 1. The fourth-order valence-electron chi connectivity index (χ4n) is 2.42. The van der Waals surface area contributed by atoms with Gasteiger partial charge in [-0.3, -0.25) is 4.79 Å². The van der Waals surface area contributed by atoms with Crippen molar-refractivity contribution >= 4 is 23.7 Å². The van der Waals surface area contributed by atoms with E-state index in [1.54, 1.807) is 18.3 Å². The Hall–Kier alpha value is -2.73. The molecule has 1 N–H and O–H groups in total. The minimum atomic E-state index is -0.168. The number of fused-ring (bicyclic) bond motifs is 1. The molecular formula is C19H19ClN2O4. The maximum atomic E-state index is 11.8. The van der Waals surface area contributed by atoms with Gasteiger partial charge in [0, 0.05) is 11.4 Å². The maximum Gasteiger partial charge on any atom is 0.240 e. The highest BCUT2D eigenvalue weighted by Crippen LogP contribution is 2.31. The number of hydrazone groups is 1. The summed E-state index contributed by atoms with van der Waals surface area (Å²) in [6.07, 6.45) is 2.48. The molecule has 3 rings (SSSR count). The number of aryl methyl sites for hydroxylation is 1.